The van der Waals surface area contributed by atoms with Crippen molar-refractivity contribution in [2.45, 2.75) is 51.1 Å². The monoisotopic (exact) mass is 298 g/mol. The lowest BCUT2D eigenvalue weighted by atomic mass is 9.93. The van der Waals surface area contributed by atoms with Gasteiger partial charge in [0.15, 0.2) is 11.4 Å². The van der Waals surface area contributed by atoms with Crippen molar-refractivity contribution < 1.29 is 19.4 Å². The van der Waals surface area contributed by atoms with Crippen LogP contribution in [0.25, 0.3) is 0 Å². The van der Waals surface area contributed by atoms with Crippen molar-refractivity contribution in [2.75, 3.05) is 0 Å². The zero-order valence-electron chi connectivity index (χ0n) is 11.9. The first-order valence-electron chi connectivity index (χ1n) is 6.74. The average Bonchev–Trinajstić information content (AvgIpc) is 2.75. The minimum Gasteiger partial charge on any atom is -0.479 e. The number of ether oxygens (including phenoxy) is 2. The third kappa shape index (κ3) is 2.32. The summed E-state index contributed by atoms with van der Waals surface area (Å²) in [4.78, 5) is 11.7. The topological polar surface area (TPSA) is 55.8 Å². The summed E-state index contributed by atoms with van der Waals surface area (Å²) in [6.45, 7) is 5.37. The molecule has 0 aliphatic carbocycles. The van der Waals surface area contributed by atoms with Gasteiger partial charge in [-0.3, -0.25) is 0 Å². The molecule has 0 aromatic heterocycles. The van der Waals surface area contributed by atoms with Gasteiger partial charge in [0.25, 0.3) is 0 Å². The van der Waals surface area contributed by atoms with Crippen LogP contribution >= 0.6 is 11.6 Å². The van der Waals surface area contributed by atoms with E-state index in [9.17, 15) is 9.90 Å². The number of halogens is 1. The highest BCUT2D eigenvalue weighted by Gasteiger charge is 2.58. The predicted octanol–water partition coefficient (Wildman–Crippen LogP) is 3.79. The molecule has 2 rings (SSSR count). The summed E-state index contributed by atoms with van der Waals surface area (Å²) in [5.74, 6) is -1.93. The van der Waals surface area contributed by atoms with Crippen LogP contribution in [-0.2, 0) is 14.3 Å². The van der Waals surface area contributed by atoms with Crippen LogP contribution < -0.4 is 0 Å². The number of hydrogen-bond acceptors (Lipinski definition) is 3. The average molecular weight is 299 g/mol. The molecule has 1 saturated heterocycles. The normalized spacial score (nSPS) is 28.5. The lowest BCUT2D eigenvalue weighted by molar-refractivity contribution is -0.200. The van der Waals surface area contributed by atoms with Crippen LogP contribution in [0.3, 0.4) is 0 Å². The molecule has 110 valence electrons. The van der Waals surface area contributed by atoms with Gasteiger partial charge >= 0.3 is 5.97 Å². The second kappa shape index (κ2) is 5.35. The summed E-state index contributed by atoms with van der Waals surface area (Å²) >= 11 is 6.19. The summed E-state index contributed by atoms with van der Waals surface area (Å²) in [5, 5.41) is 10.1. The molecule has 0 bridgehead atoms. The second-order valence-corrected chi connectivity index (χ2v) is 5.56. The van der Waals surface area contributed by atoms with Crippen molar-refractivity contribution in [1.82, 2.24) is 0 Å². The smallest absolute Gasteiger partial charge is 0.338 e. The van der Waals surface area contributed by atoms with Gasteiger partial charge in [-0.2, -0.15) is 0 Å². The maximum atomic E-state index is 11.7. The van der Waals surface area contributed by atoms with Crippen molar-refractivity contribution in [3.8, 4) is 0 Å². The zero-order chi connectivity index (χ0) is 15.0. The van der Waals surface area contributed by atoms with E-state index in [1.54, 1.807) is 18.2 Å². The lowest BCUT2D eigenvalue weighted by Gasteiger charge is -2.26. The number of carboxylic acid groups (broad SMARTS) is 1. The Labute approximate surface area is 123 Å². The van der Waals surface area contributed by atoms with Crippen LogP contribution in [-0.4, -0.2) is 22.5 Å². The predicted molar refractivity (Wildman–Crippen MR) is 75.7 cm³/mol. The van der Waals surface area contributed by atoms with Gasteiger partial charge in [0.1, 0.15) is 6.10 Å². The van der Waals surface area contributed by atoms with Crippen LogP contribution in [0.1, 0.15) is 45.3 Å². The molecular formula is C15H19ClO4. The molecular weight excluding hydrogens is 280 g/mol. The van der Waals surface area contributed by atoms with Crippen LogP contribution in [0.2, 0.25) is 5.02 Å². The molecule has 0 radical (unpaired) electrons. The molecule has 5 heteroatoms. The van der Waals surface area contributed by atoms with Gasteiger partial charge < -0.3 is 14.6 Å². The van der Waals surface area contributed by atoms with Gasteiger partial charge in [0, 0.05) is 10.6 Å². The third-order valence-electron chi connectivity index (χ3n) is 3.92. The van der Waals surface area contributed by atoms with Crippen LogP contribution in [0.5, 0.6) is 0 Å². The molecule has 1 aromatic rings. The summed E-state index contributed by atoms with van der Waals surface area (Å²) in [7, 11) is 0. The quantitative estimate of drug-likeness (QED) is 0.919. The van der Waals surface area contributed by atoms with E-state index in [0.29, 0.717) is 23.4 Å². The van der Waals surface area contributed by atoms with Gasteiger partial charge in [-0.15, -0.1) is 0 Å². The minimum atomic E-state index is -1.45. The highest BCUT2D eigenvalue weighted by molar-refractivity contribution is 6.31. The van der Waals surface area contributed by atoms with Crippen LogP contribution in [0.15, 0.2) is 24.3 Å². The number of benzene rings is 1. The zero-order valence-corrected chi connectivity index (χ0v) is 12.6. The fourth-order valence-electron chi connectivity index (χ4n) is 2.56. The summed E-state index contributed by atoms with van der Waals surface area (Å²) in [6, 6.07) is 7.11. The Bertz CT molecular complexity index is 512. The van der Waals surface area contributed by atoms with Gasteiger partial charge in [0.2, 0.25) is 0 Å². The van der Waals surface area contributed by atoms with E-state index in [2.05, 4.69) is 0 Å². The van der Waals surface area contributed by atoms with Crippen molar-refractivity contribution in [2.24, 2.45) is 0 Å². The highest BCUT2D eigenvalue weighted by Crippen LogP contribution is 2.49. The molecule has 1 N–H and O–H groups in total. The molecule has 0 spiro atoms. The van der Waals surface area contributed by atoms with Gasteiger partial charge in [-0.25, -0.2) is 4.79 Å². The lowest BCUT2D eigenvalue weighted by Crippen LogP contribution is -2.42. The Morgan fingerprint density at radius 2 is 1.95 bits per heavy atom. The van der Waals surface area contributed by atoms with E-state index in [1.807, 2.05) is 19.9 Å². The largest absolute Gasteiger partial charge is 0.479 e. The molecule has 0 amide bonds. The number of hydrogen-bond donors (Lipinski definition) is 1. The Hall–Kier alpha value is -1.10. The van der Waals surface area contributed by atoms with E-state index >= 15 is 0 Å². The molecule has 0 saturated carbocycles. The summed E-state index contributed by atoms with van der Waals surface area (Å²) < 4.78 is 11.8. The molecule has 20 heavy (non-hydrogen) atoms. The Morgan fingerprint density at radius 3 is 2.45 bits per heavy atom. The molecule has 1 aliphatic heterocycles. The highest BCUT2D eigenvalue weighted by atomic mass is 35.5. The second-order valence-electron chi connectivity index (χ2n) is 5.15. The van der Waals surface area contributed by atoms with Gasteiger partial charge in [-0.1, -0.05) is 43.6 Å². The van der Waals surface area contributed by atoms with Gasteiger partial charge in [-0.05, 0) is 25.8 Å². The molecule has 1 heterocycles. The van der Waals surface area contributed by atoms with E-state index in [0.717, 1.165) is 0 Å². The van der Waals surface area contributed by atoms with Crippen LogP contribution in [0.4, 0.5) is 0 Å². The molecule has 1 aromatic carbocycles. The first-order valence-corrected chi connectivity index (χ1v) is 7.12. The standard InChI is InChI=1S/C15H19ClO4/c1-4-15(5-2)19-12(14(3,20-15)13(17)18)10-8-6-7-9-11(10)16/h6-9,12H,4-5H2,1-3H3,(H,17,18)/t12-,14+/m0/s1. The molecule has 0 unspecified atom stereocenters. The van der Waals surface area contributed by atoms with E-state index in [4.69, 9.17) is 21.1 Å². The number of carboxylic acids is 1. The Morgan fingerprint density at radius 1 is 1.35 bits per heavy atom. The Balaban J connectivity index is 2.50. The van der Waals surface area contributed by atoms with Crippen molar-refractivity contribution in [3.05, 3.63) is 34.9 Å². The summed E-state index contributed by atoms with van der Waals surface area (Å²) in [6.07, 6.45) is 0.425. The SMILES string of the molecule is CCC1(CC)O[C@@H](c2ccccc2Cl)[C@](C)(C(=O)O)O1. The number of rotatable bonds is 4. The Kier molecular flexibility index (Phi) is 4.09. The maximum Gasteiger partial charge on any atom is 0.338 e. The van der Waals surface area contributed by atoms with E-state index < -0.39 is 23.5 Å². The molecule has 1 fully saturated rings. The summed E-state index contributed by atoms with van der Waals surface area (Å²) in [5.41, 5.74) is -0.806. The number of carbonyl (C=O) groups is 1. The van der Waals surface area contributed by atoms with Crippen molar-refractivity contribution in [3.63, 3.8) is 0 Å². The van der Waals surface area contributed by atoms with Crippen molar-refractivity contribution in [1.29, 1.82) is 0 Å². The fraction of sp³-hybridized carbons (Fsp3) is 0.533. The maximum absolute atomic E-state index is 11.7. The first-order chi connectivity index (χ1) is 9.38. The van der Waals surface area contributed by atoms with Crippen molar-refractivity contribution >= 4 is 17.6 Å². The molecule has 2 atom stereocenters. The number of aliphatic carboxylic acids is 1. The van der Waals surface area contributed by atoms with E-state index in [-0.39, 0.29) is 0 Å². The fourth-order valence-corrected chi connectivity index (χ4v) is 2.79. The van der Waals surface area contributed by atoms with E-state index in [1.165, 1.54) is 6.92 Å². The third-order valence-corrected chi connectivity index (χ3v) is 4.26. The molecule has 1 aliphatic rings. The minimum absolute atomic E-state index is 0.483. The molecule has 4 nitrogen and oxygen atoms in total. The van der Waals surface area contributed by atoms with Crippen LogP contribution in [0, 0.1) is 0 Å². The first kappa shape index (κ1) is 15.3. The van der Waals surface area contributed by atoms with Gasteiger partial charge in [0.05, 0.1) is 0 Å².